The Morgan fingerprint density at radius 2 is 1.91 bits per heavy atom. The van der Waals surface area contributed by atoms with Crippen molar-refractivity contribution in [2.45, 2.75) is 12.8 Å². The van der Waals surface area contributed by atoms with Gasteiger partial charge in [-0.05, 0) is 49.2 Å². The minimum atomic E-state index is -0.321. The van der Waals surface area contributed by atoms with Crippen molar-refractivity contribution in [3.63, 3.8) is 0 Å². The number of carbonyl (C=O) groups excluding carboxylic acids is 1. The highest BCUT2D eigenvalue weighted by molar-refractivity contribution is 5.99. The van der Waals surface area contributed by atoms with Gasteiger partial charge in [-0.3, -0.25) is 4.79 Å². The zero-order chi connectivity index (χ0) is 22.1. The zero-order valence-corrected chi connectivity index (χ0v) is 17.6. The van der Waals surface area contributed by atoms with Crippen LogP contribution in [0.4, 0.5) is 15.9 Å². The molecule has 1 aliphatic rings. The molecule has 1 saturated heterocycles. The van der Waals surface area contributed by atoms with E-state index in [2.05, 4.69) is 20.0 Å². The van der Waals surface area contributed by atoms with Crippen LogP contribution in [0.3, 0.4) is 0 Å². The van der Waals surface area contributed by atoms with Crippen LogP contribution in [0.15, 0.2) is 65.4 Å². The summed E-state index contributed by atoms with van der Waals surface area (Å²) in [6.07, 6.45) is 3.12. The van der Waals surface area contributed by atoms with Gasteiger partial charge in [-0.25, -0.2) is 9.37 Å². The van der Waals surface area contributed by atoms with Crippen LogP contribution in [-0.4, -0.2) is 41.2 Å². The summed E-state index contributed by atoms with van der Waals surface area (Å²) >= 11 is 0. The molecule has 1 aliphatic heterocycles. The molecule has 1 amide bonds. The van der Waals surface area contributed by atoms with E-state index < -0.39 is 0 Å². The van der Waals surface area contributed by atoms with E-state index in [0.29, 0.717) is 29.2 Å². The molecule has 0 bridgehead atoms. The van der Waals surface area contributed by atoms with Gasteiger partial charge in [-0.15, -0.1) is 0 Å². The maximum absolute atomic E-state index is 13.4. The molecule has 2 aromatic carbocycles. The molecule has 0 radical (unpaired) electrons. The third-order valence-corrected chi connectivity index (χ3v) is 5.91. The van der Waals surface area contributed by atoms with Crippen LogP contribution in [-0.2, 0) is 4.79 Å². The topological polar surface area (TPSA) is 75.4 Å². The average molecular weight is 431 g/mol. The van der Waals surface area contributed by atoms with Crippen molar-refractivity contribution in [1.29, 1.82) is 0 Å². The highest BCUT2D eigenvalue weighted by Crippen LogP contribution is 2.35. The van der Waals surface area contributed by atoms with Gasteiger partial charge < -0.3 is 14.3 Å². The van der Waals surface area contributed by atoms with Crippen LogP contribution >= 0.6 is 0 Å². The number of para-hydroxylation sites is 1. The minimum Gasteiger partial charge on any atom is -0.355 e. The summed E-state index contributed by atoms with van der Waals surface area (Å²) in [5.74, 6) is 0.275. The van der Waals surface area contributed by atoms with Gasteiger partial charge in [0, 0.05) is 31.4 Å². The third-order valence-electron chi connectivity index (χ3n) is 5.91. The second-order valence-electron chi connectivity index (χ2n) is 7.93. The minimum absolute atomic E-state index is 0.0790. The molecule has 4 aromatic rings. The molecule has 1 atom stereocenters. The number of anilines is 2. The summed E-state index contributed by atoms with van der Waals surface area (Å²) in [6, 6.07) is 15.7. The van der Waals surface area contributed by atoms with Crippen molar-refractivity contribution in [1.82, 2.24) is 15.1 Å². The first-order chi connectivity index (χ1) is 15.6. The Hall–Kier alpha value is -3.81. The van der Waals surface area contributed by atoms with Gasteiger partial charge in [-0.1, -0.05) is 23.4 Å². The lowest BCUT2D eigenvalue weighted by Gasteiger charge is -2.34. The first-order valence-electron chi connectivity index (χ1n) is 10.6. The van der Waals surface area contributed by atoms with Crippen molar-refractivity contribution in [3.05, 3.63) is 66.7 Å². The summed E-state index contributed by atoms with van der Waals surface area (Å²) in [6.45, 7) is 1.30. The highest BCUT2D eigenvalue weighted by atomic mass is 19.1. The number of hydrogen-bond donors (Lipinski definition) is 0. The van der Waals surface area contributed by atoms with E-state index in [1.54, 1.807) is 17.0 Å². The number of rotatable bonds is 4. The molecule has 162 valence electrons. The second-order valence-corrected chi connectivity index (χ2v) is 7.93. The first kappa shape index (κ1) is 20.1. The Labute approximate surface area is 184 Å². The number of carbonyl (C=O) groups is 1. The number of amides is 1. The van der Waals surface area contributed by atoms with Crippen LogP contribution < -0.4 is 9.80 Å². The fourth-order valence-electron chi connectivity index (χ4n) is 4.24. The predicted octanol–water partition coefficient (Wildman–Crippen LogP) is 4.30. The van der Waals surface area contributed by atoms with Crippen molar-refractivity contribution in [2.75, 3.05) is 29.9 Å². The van der Waals surface area contributed by atoms with Gasteiger partial charge in [0.1, 0.15) is 29.0 Å². The molecule has 7 nitrogen and oxygen atoms in total. The molecular weight excluding hydrogens is 409 g/mol. The Balaban J connectivity index is 1.46. The Morgan fingerprint density at radius 1 is 1.12 bits per heavy atom. The molecular formula is C24H22FN5O2. The lowest BCUT2D eigenvalue weighted by atomic mass is 9.96. The smallest absolute Gasteiger partial charge is 0.263 e. The molecule has 32 heavy (non-hydrogen) atoms. The van der Waals surface area contributed by atoms with Crippen molar-refractivity contribution < 1.29 is 13.7 Å². The molecule has 1 unspecified atom stereocenters. The number of fused-ring (bicyclic) bond motifs is 1. The third kappa shape index (κ3) is 3.68. The lowest BCUT2D eigenvalue weighted by molar-refractivity contribution is -0.122. The van der Waals surface area contributed by atoms with Gasteiger partial charge >= 0.3 is 0 Å². The molecule has 2 aromatic heterocycles. The summed E-state index contributed by atoms with van der Waals surface area (Å²) in [4.78, 5) is 25.7. The van der Waals surface area contributed by atoms with Gasteiger partial charge in [-0.2, -0.15) is 4.98 Å². The lowest BCUT2D eigenvalue weighted by Crippen LogP contribution is -2.44. The average Bonchev–Trinajstić information content (AvgIpc) is 3.28. The Bertz CT molecular complexity index is 1240. The Morgan fingerprint density at radius 3 is 2.69 bits per heavy atom. The highest BCUT2D eigenvalue weighted by Gasteiger charge is 2.31. The fourth-order valence-corrected chi connectivity index (χ4v) is 4.24. The monoisotopic (exact) mass is 431 g/mol. The number of nitrogens with zero attached hydrogens (tertiary/aromatic N) is 5. The number of piperidine rings is 1. The number of aromatic nitrogens is 3. The first-order valence-corrected chi connectivity index (χ1v) is 10.6. The van der Waals surface area contributed by atoms with Crippen LogP contribution in [0, 0.1) is 11.7 Å². The number of halogens is 1. The van der Waals surface area contributed by atoms with Crippen molar-refractivity contribution in [2.24, 2.45) is 5.92 Å². The maximum Gasteiger partial charge on any atom is 0.263 e. The Kier molecular flexibility index (Phi) is 5.26. The van der Waals surface area contributed by atoms with E-state index in [1.165, 1.54) is 18.5 Å². The summed E-state index contributed by atoms with van der Waals surface area (Å²) < 4.78 is 18.8. The second kappa shape index (κ2) is 8.37. The molecule has 3 heterocycles. The molecule has 1 fully saturated rings. The van der Waals surface area contributed by atoms with Crippen LogP contribution in [0.25, 0.3) is 22.4 Å². The van der Waals surface area contributed by atoms with Gasteiger partial charge in [0.15, 0.2) is 0 Å². The fraction of sp³-hybridized carbons (Fsp3) is 0.250. The SMILES string of the molecule is CN(C(=O)C1CCCN(c2ncnc3onc(-c4ccc(F)cc4)c23)C1)c1ccccc1. The van der Waals surface area contributed by atoms with Gasteiger partial charge in [0.2, 0.25) is 5.91 Å². The van der Waals surface area contributed by atoms with Gasteiger partial charge in [0.05, 0.1) is 5.92 Å². The van der Waals surface area contributed by atoms with E-state index in [1.807, 2.05) is 37.4 Å². The van der Waals surface area contributed by atoms with E-state index in [0.717, 1.165) is 30.6 Å². The number of hydrogen-bond acceptors (Lipinski definition) is 6. The molecule has 0 spiro atoms. The number of benzene rings is 2. The zero-order valence-electron chi connectivity index (χ0n) is 17.6. The largest absolute Gasteiger partial charge is 0.355 e. The van der Waals surface area contributed by atoms with Crippen LogP contribution in [0.2, 0.25) is 0 Å². The van der Waals surface area contributed by atoms with E-state index >= 15 is 0 Å². The molecule has 5 rings (SSSR count). The normalized spacial score (nSPS) is 16.3. The van der Waals surface area contributed by atoms with Crippen LogP contribution in [0.5, 0.6) is 0 Å². The molecule has 0 saturated carbocycles. The molecule has 0 aliphatic carbocycles. The maximum atomic E-state index is 13.4. The summed E-state index contributed by atoms with van der Waals surface area (Å²) in [7, 11) is 1.81. The van der Waals surface area contributed by atoms with Crippen molar-refractivity contribution >= 4 is 28.5 Å². The summed E-state index contributed by atoms with van der Waals surface area (Å²) in [5.41, 5.74) is 2.51. The standard InChI is InChI=1S/C24H22FN5O2/c1-29(19-7-3-2-4-8-19)24(31)17-6-5-13-30(14-17)22-20-21(16-9-11-18(25)12-10-16)28-32-23(20)27-15-26-22/h2-4,7-12,15,17H,5-6,13-14H2,1H3. The van der Waals surface area contributed by atoms with E-state index in [-0.39, 0.29) is 17.6 Å². The van der Waals surface area contributed by atoms with E-state index in [9.17, 15) is 9.18 Å². The molecule has 8 heteroatoms. The predicted molar refractivity (Wildman–Crippen MR) is 120 cm³/mol. The van der Waals surface area contributed by atoms with Gasteiger partial charge in [0.25, 0.3) is 5.71 Å². The van der Waals surface area contributed by atoms with E-state index in [4.69, 9.17) is 4.52 Å². The van der Waals surface area contributed by atoms with Crippen LogP contribution in [0.1, 0.15) is 12.8 Å². The quantitative estimate of drug-likeness (QED) is 0.480. The summed E-state index contributed by atoms with van der Waals surface area (Å²) in [5, 5.41) is 4.84. The molecule has 0 N–H and O–H groups in total. The van der Waals surface area contributed by atoms with Crippen molar-refractivity contribution in [3.8, 4) is 11.3 Å².